The molecule has 6 nitrogen and oxygen atoms in total. The molecule has 6 heteroatoms. The molecule has 2 rings (SSSR count). The van der Waals surface area contributed by atoms with Crippen LogP contribution in [0.4, 0.5) is 11.5 Å². The van der Waals surface area contributed by atoms with Crippen molar-refractivity contribution in [3.05, 3.63) is 17.8 Å². The number of pyridine rings is 1. The third kappa shape index (κ3) is 2.38. The lowest BCUT2D eigenvalue weighted by atomic mass is 10.0. The summed E-state index contributed by atoms with van der Waals surface area (Å²) in [7, 11) is 0. The first-order chi connectivity index (χ1) is 8.63. The number of aliphatic hydroxyl groups excluding tert-OH is 1. The van der Waals surface area contributed by atoms with Gasteiger partial charge in [-0.3, -0.25) is 0 Å². The molecule has 1 aliphatic rings. The minimum Gasteiger partial charge on any atom is -0.478 e. The van der Waals surface area contributed by atoms with Crippen molar-refractivity contribution >= 4 is 17.5 Å². The lowest BCUT2D eigenvalue weighted by molar-refractivity contribution is 0.0696. The van der Waals surface area contributed by atoms with E-state index in [1.165, 1.54) is 12.3 Å². The second-order valence-electron chi connectivity index (χ2n) is 4.47. The number of nitrogen functional groups attached to an aromatic ring is 1. The number of nitrogens with zero attached hydrogens (tertiary/aromatic N) is 2. The first-order valence-corrected chi connectivity index (χ1v) is 5.99. The fourth-order valence-corrected chi connectivity index (χ4v) is 2.33. The Balaban J connectivity index is 2.39. The number of carboxylic acid groups (broad SMARTS) is 1. The van der Waals surface area contributed by atoms with Crippen molar-refractivity contribution in [3.63, 3.8) is 0 Å². The van der Waals surface area contributed by atoms with Crippen LogP contribution in [0.15, 0.2) is 12.3 Å². The summed E-state index contributed by atoms with van der Waals surface area (Å²) in [5, 5.41) is 18.6. The predicted molar refractivity (Wildman–Crippen MR) is 67.7 cm³/mol. The van der Waals surface area contributed by atoms with Gasteiger partial charge in [-0.25, -0.2) is 9.78 Å². The molecule has 98 valence electrons. The zero-order valence-corrected chi connectivity index (χ0v) is 10.0. The topological polar surface area (TPSA) is 99.7 Å². The van der Waals surface area contributed by atoms with Crippen LogP contribution in [-0.2, 0) is 0 Å². The highest BCUT2D eigenvalue weighted by Gasteiger charge is 2.26. The zero-order valence-electron chi connectivity index (χ0n) is 10.0. The van der Waals surface area contributed by atoms with Gasteiger partial charge < -0.3 is 20.8 Å². The standard InChI is InChI=1S/C12H17N3O3/c13-8-5-10(12(17)18)11(14-6-8)15-4-2-1-3-9(15)7-16/h5-6,9,16H,1-4,7,13H2,(H,17,18). The SMILES string of the molecule is Nc1cnc(N2CCCCC2CO)c(C(=O)O)c1. The second-order valence-corrected chi connectivity index (χ2v) is 4.47. The summed E-state index contributed by atoms with van der Waals surface area (Å²) < 4.78 is 0. The van der Waals surface area contributed by atoms with Gasteiger partial charge in [0.05, 0.1) is 24.5 Å². The minimum absolute atomic E-state index is 0.00507. The van der Waals surface area contributed by atoms with Gasteiger partial charge in [-0.1, -0.05) is 0 Å². The number of carbonyl (C=O) groups is 1. The average molecular weight is 251 g/mol. The third-order valence-electron chi connectivity index (χ3n) is 3.23. The van der Waals surface area contributed by atoms with Gasteiger partial charge in [0, 0.05) is 6.54 Å². The number of aliphatic hydroxyl groups is 1. The zero-order chi connectivity index (χ0) is 13.1. The van der Waals surface area contributed by atoms with Crippen LogP contribution < -0.4 is 10.6 Å². The molecule has 1 saturated heterocycles. The molecular weight excluding hydrogens is 234 g/mol. The summed E-state index contributed by atoms with van der Waals surface area (Å²) in [6.07, 6.45) is 4.31. The van der Waals surface area contributed by atoms with E-state index in [2.05, 4.69) is 4.98 Å². The molecule has 0 aliphatic carbocycles. The van der Waals surface area contributed by atoms with Crippen LogP contribution in [0.3, 0.4) is 0 Å². The van der Waals surface area contributed by atoms with E-state index < -0.39 is 5.97 Å². The van der Waals surface area contributed by atoms with Crippen LogP contribution >= 0.6 is 0 Å². The molecule has 4 N–H and O–H groups in total. The lowest BCUT2D eigenvalue weighted by Crippen LogP contribution is -2.43. The minimum atomic E-state index is -1.05. The van der Waals surface area contributed by atoms with Crippen molar-refractivity contribution in [1.82, 2.24) is 4.98 Å². The number of anilines is 2. The Morgan fingerprint density at radius 2 is 2.33 bits per heavy atom. The van der Waals surface area contributed by atoms with Gasteiger partial charge in [-0.05, 0) is 25.3 Å². The summed E-state index contributed by atoms with van der Waals surface area (Å²) in [4.78, 5) is 17.2. The summed E-state index contributed by atoms with van der Waals surface area (Å²) in [6, 6.07) is 1.35. The largest absolute Gasteiger partial charge is 0.478 e. The van der Waals surface area contributed by atoms with Crippen molar-refractivity contribution < 1.29 is 15.0 Å². The molecule has 1 aromatic rings. The van der Waals surface area contributed by atoms with Crippen molar-refractivity contribution in [3.8, 4) is 0 Å². The normalized spacial score (nSPS) is 19.8. The third-order valence-corrected chi connectivity index (χ3v) is 3.23. The van der Waals surface area contributed by atoms with Gasteiger partial charge >= 0.3 is 5.97 Å². The Kier molecular flexibility index (Phi) is 3.66. The van der Waals surface area contributed by atoms with E-state index >= 15 is 0 Å². The van der Waals surface area contributed by atoms with Crippen molar-refractivity contribution in [2.45, 2.75) is 25.3 Å². The maximum Gasteiger partial charge on any atom is 0.339 e. The van der Waals surface area contributed by atoms with Crippen LogP contribution in [0, 0.1) is 0 Å². The Labute approximate surface area is 105 Å². The molecule has 0 amide bonds. The Hall–Kier alpha value is -1.82. The number of hydrogen-bond acceptors (Lipinski definition) is 5. The monoisotopic (exact) mass is 251 g/mol. The molecule has 1 aliphatic heterocycles. The van der Waals surface area contributed by atoms with E-state index in [9.17, 15) is 15.0 Å². The summed E-state index contributed by atoms with van der Waals surface area (Å²) in [5.74, 6) is -0.650. The molecule has 2 heterocycles. The van der Waals surface area contributed by atoms with E-state index in [1.54, 1.807) is 0 Å². The maximum atomic E-state index is 11.2. The van der Waals surface area contributed by atoms with Crippen LogP contribution in [0.2, 0.25) is 0 Å². The number of nitrogens with two attached hydrogens (primary N) is 1. The van der Waals surface area contributed by atoms with Gasteiger partial charge in [0.25, 0.3) is 0 Å². The van der Waals surface area contributed by atoms with E-state index in [0.717, 1.165) is 19.3 Å². The molecule has 18 heavy (non-hydrogen) atoms. The van der Waals surface area contributed by atoms with Gasteiger partial charge in [0.1, 0.15) is 11.4 Å². The van der Waals surface area contributed by atoms with Crippen LogP contribution in [0.5, 0.6) is 0 Å². The molecule has 1 atom stereocenters. The van der Waals surface area contributed by atoms with Crippen molar-refractivity contribution in [1.29, 1.82) is 0 Å². The Morgan fingerprint density at radius 3 is 3.00 bits per heavy atom. The second kappa shape index (κ2) is 5.22. The fourth-order valence-electron chi connectivity index (χ4n) is 2.33. The quantitative estimate of drug-likeness (QED) is 0.731. The number of piperidine rings is 1. The van der Waals surface area contributed by atoms with E-state index in [0.29, 0.717) is 18.1 Å². The molecule has 0 radical (unpaired) electrons. The average Bonchev–Trinajstić information content (AvgIpc) is 2.38. The molecule has 1 unspecified atom stereocenters. The molecule has 1 fully saturated rings. The first-order valence-electron chi connectivity index (χ1n) is 5.99. The number of hydrogen-bond donors (Lipinski definition) is 3. The molecule has 1 aromatic heterocycles. The number of aromatic carboxylic acids is 1. The van der Waals surface area contributed by atoms with Crippen LogP contribution in [-0.4, -0.2) is 40.4 Å². The van der Waals surface area contributed by atoms with E-state index in [-0.39, 0.29) is 18.2 Å². The number of rotatable bonds is 3. The van der Waals surface area contributed by atoms with Gasteiger partial charge in [-0.2, -0.15) is 0 Å². The smallest absolute Gasteiger partial charge is 0.339 e. The first kappa shape index (κ1) is 12.6. The Bertz CT molecular complexity index is 450. The highest BCUT2D eigenvalue weighted by Crippen LogP contribution is 2.27. The summed E-state index contributed by atoms with van der Waals surface area (Å²) >= 11 is 0. The van der Waals surface area contributed by atoms with Gasteiger partial charge in [0.2, 0.25) is 0 Å². The van der Waals surface area contributed by atoms with Gasteiger partial charge in [0.15, 0.2) is 0 Å². The molecular formula is C12H17N3O3. The lowest BCUT2D eigenvalue weighted by Gasteiger charge is -2.36. The van der Waals surface area contributed by atoms with Gasteiger partial charge in [-0.15, -0.1) is 0 Å². The predicted octanol–water partition coefficient (Wildman–Crippen LogP) is 0.713. The van der Waals surface area contributed by atoms with Crippen molar-refractivity contribution in [2.24, 2.45) is 0 Å². The van der Waals surface area contributed by atoms with Crippen molar-refractivity contribution in [2.75, 3.05) is 23.8 Å². The maximum absolute atomic E-state index is 11.2. The number of carboxylic acids is 1. The molecule has 0 aromatic carbocycles. The van der Waals surface area contributed by atoms with Crippen LogP contribution in [0.1, 0.15) is 29.6 Å². The molecule has 0 spiro atoms. The molecule has 0 saturated carbocycles. The highest BCUT2D eigenvalue weighted by molar-refractivity contribution is 5.94. The highest BCUT2D eigenvalue weighted by atomic mass is 16.4. The van der Waals surface area contributed by atoms with E-state index in [4.69, 9.17) is 5.73 Å². The molecule has 0 bridgehead atoms. The number of aromatic nitrogens is 1. The van der Waals surface area contributed by atoms with E-state index in [1.807, 2.05) is 4.90 Å². The fraction of sp³-hybridized carbons (Fsp3) is 0.500. The summed E-state index contributed by atoms with van der Waals surface area (Å²) in [6.45, 7) is 0.716. The van der Waals surface area contributed by atoms with Crippen LogP contribution in [0.25, 0.3) is 0 Å². The summed E-state index contributed by atoms with van der Waals surface area (Å²) in [5.41, 5.74) is 5.99. The Morgan fingerprint density at radius 1 is 1.56 bits per heavy atom.